The highest BCUT2D eigenvalue weighted by Crippen LogP contribution is 2.30. The Morgan fingerprint density at radius 3 is 2.68 bits per heavy atom. The molecule has 0 radical (unpaired) electrons. The molecule has 2 heterocycles. The van der Waals surface area contributed by atoms with Gasteiger partial charge in [0.05, 0.1) is 22.5 Å². The van der Waals surface area contributed by atoms with Gasteiger partial charge in [0.1, 0.15) is 5.82 Å². The molecule has 0 saturated heterocycles. The summed E-state index contributed by atoms with van der Waals surface area (Å²) in [6.07, 6.45) is 2.14. The summed E-state index contributed by atoms with van der Waals surface area (Å²) in [4.78, 5) is 24.0. The zero-order chi connectivity index (χ0) is 15.9. The number of carboxylic acids is 1. The Balaban J connectivity index is 2.14. The average molecular weight is 299 g/mol. The molecule has 0 atom stereocenters. The number of aliphatic carboxylic acids is 1. The molecule has 0 aliphatic carbocycles. The third-order valence-electron chi connectivity index (χ3n) is 3.87. The van der Waals surface area contributed by atoms with Gasteiger partial charge < -0.3 is 9.67 Å². The van der Waals surface area contributed by atoms with Crippen molar-refractivity contribution in [2.24, 2.45) is 0 Å². The van der Waals surface area contributed by atoms with Crippen molar-refractivity contribution in [1.29, 1.82) is 0 Å². The summed E-state index contributed by atoms with van der Waals surface area (Å²) < 4.78 is 15.5. The first-order valence-corrected chi connectivity index (χ1v) is 7.00. The van der Waals surface area contributed by atoms with Gasteiger partial charge in [0, 0.05) is 6.54 Å². The van der Waals surface area contributed by atoms with Crippen LogP contribution >= 0.6 is 0 Å². The second-order valence-electron chi connectivity index (χ2n) is 5.10. The molecule has 2 aromatic rings. The topological polar surface area (TPSA) is 59.3 Å². The molecule has 1 aromatic heterocycles. The van der Waals surface area contributed by atoms with Crippen LogP contribution in [0.2, 0.25) is 0 Å². The molecule has 4 nitrogen and oxygen atoms in total. The lowest BCUT2D eigenvalue weighted by Gasteiger charge is -2.08. The first-order chi connectivity index (χ1) is 10.5. The average Bonchev–Trinajstić information content (AvgIpc) is 3.04. The molecule has 0 bridgehead atoms. The van der Waals surface area contributed by atoms with Crippen molar-refractivity contribution in [1.82, 2.24) is 4.57 Å². The Morgan fingerprint density at radius 1 is 1.32 bits per heavy atom. The van der Waals surface area contributed by atoms with Gasteiger partial charge in [-0.15, -0.1) is 0 Å². The predicted molar refractivity (Wildman–Crippen MR) is 79.3 cm³/mol. The Bertz CT molecular complexity index is 817. The number of nitrogens with zero attached hydrogens (tertiary/aromatic N) is 1. The maximum Gasteiger partial charge on any atom is 0.337 e. The van der Waals surface area contributed by atoms with Crippen LogP contribution in [0.4, 0.5) is 4.39 Å². The molecule has 0 amide bonds. The van der Waals surface area contributed by atoms with E-state index in [0.717, 1.165) is 5.56 Å². The second-order valence-corrected chi connectivity index (χ2v) is 5.10. The molecule has 1 aliphatic heterocycles. The zero-order valence-electron chi connectivity index (χ0n) is 12.0. The molecule has 5 heteroatoms. The van der Waals surface area contributed by atoms with Gasteiger partial charge in [0.25, 0.3) is 0 Å². The first-order valence-electron chi connectivity index (χ1n) is 7.00. The van der Waals surface area contributed by atoms with E-state index in [1.165, 1.54) is 18.2 Å². The van der Waals surface area contributed by atoms with E-state index in [2.05, 4.69) is 0 Å². The third kappa shape index (κ3) is 2.06. The minimum absolute atomic E-state index is 0.00174. The van der Waals surface area contributed by atoms with Crippen molar-refractivity contribution in [2.45, 2.75) is 19.9 Å². The summed E-state index contributed by atoms with van der Waals surface area (Å²) >= 11 is 0. The number of fused-ring (bicyclic) bond motifs is 1. The lowest BCUT2D eigenvalue weighted by Crippen LogP contribution is -2.13. The van der Waals surface area contributed by atoms with Crippen LogP contribution in [-0.4, -0.2) is 21.4 Å². The highest BCUT2D eigenvalue weighted by atomic mass is 19.1. The Labute approximate surface area is 126 Å². The van der Waals surface area contributed by atoms with Crippen LogP contribution in [0.1, 0.15) is 34.2 Å². The fourth-order valence-electron chi connectivity index (χ4n) is 2.81. The lowest BCUT2D eigenvalue weighted by molar-refractivity contribution is -0.130. The number of allylic oxidation sites excluding steroid dienone is 1. The molecule has 1 aliphatic rings. The van der Waals surface area contributed by atoms with Crippen LogP contribution < -0.4 is 0 Å². The predicted octanol–water partition coefficient (Wildman–Crippen LogP) is 2.90. The Morgan fingerprint density at radius 2 is 2.05 bits per heavy atom. The quantitative estimate of drug-likeness (QED) is 0.883. The van der Waals surface area contributed by atoms with Gasteiger partial charge >= 0.3 is 5.97 Å². The van der Waals surface area contributed by atoms with Crippen LogP contribution in [0.15, 0.2) is 36.4 Å². The number of halogens is 1. The van der Waals surface area contributed by atoms with Gasteiger partial charge in [-0.3, -0.25) is 4.79 Å². The molecular formula is C17H14FNO3. The normalized spacial score (nSPS) is 12.9. The van der Waals surface area contributed by atoms with Crippen molar-refractivity contribution >= 4 is 17.3 Å². The molecule has 0 unspecified atom stereocenters. The van der Waals surface area contributed by atoms with Crippen LogP contribution in [0.25, 0.3) is 5.57 Å². The van der Waals surface area contributed by atoms with Gasteiger partial charge in [-0.2, -0.15) is 0 Å². The van der Waals surface area contributed by atoms with Gasteiger partial charge in [-0.05, 0) is 36.3 Å². The smallest absolute Gasteiger partial charge is 0.337 e. The number of rotatable bonds is 4. The van der Waals surface area contributed by atoms with E-state index in [1.54, 1.807) is 22.8 Å². The van der Waals surface area contributed by atoms with Crippen molar-refractivity contribution < 1.29 is 19.1 Å². The molecule has 1 N–H and O–H groups in total. The fraction of sp³-hybridized carbons (Fsp3) is 0.176. The van der Waals surface area contributed by atoms with E-state index in [0.29, 0.717) is 24.4 Å². The highest BCUT2D eigenvalue weighted by Gasteiger charge is 2.28. The largest absolute Gasteiger partial charge is 0.478 e. The fourth-order valence-corrected chi connectivity index (χ4v) is 2.81. The number of benzene rings is 1. The Kier molecular flexibility index (Phi) is 3.41. The number of carboxylic acid groups (broad SMARTS) is 1. The van der Waals surface area contributed by atoms with Gasteiger partial charge in [0.15, 0.2) is 0 Å². The highest BCUT2D eigenvalue weighted by molar-refractivity contribution is 6.17. The molecule has 0 spiro atoms. The molecule has 22 heavy (non-hydrogen) atoms. The van der Waals surface area contributed by atoms with Crippen LogP contribution in [-0.2, 0) is 17.8 Å². The number of aryl methyl sites for hydroxylation is 1. The summed E-state index contributed by atoms with van der Waals surface area (Å²) in [6, 6.07) is 7.53. The van der Waals surface area contributed by atoms with E-state index in [1.807, 2.05) is 6.92 Å². The molecule has 3 rings (SSSR count). The summed E-state index contributed by atoms with van der Waals surface area (Å²) in [5.41, 5.74) is 1.79. The number of aromatic nitrogens is 1. The Hall–Kier alpha value is -2.69. The van der Waals surface area contributed by atoms with E-state index in [4.69, 9.17) is 0 Å². The summed E-state index contributed by atoms with van der Waals surface area (Å²) in [5.74, 6) is -2.01. The van der Waals surface area contributed by atoms with Crippen molar-refractivity contribution in [3.8, 4) is 0 Å². The van der Waals surface area contributed by atoms with Gasteiger partial charge in [-0.1, -0.05) is 19.1 Å². The van der Waals surface area contributed by atoms with Crippen molar-refractivity contribution in [3.63, 3.8) is 0 Å². The first kappa shape index (κ1) is 14.3. The molecule has 0 saturated carbocycles. The molecular weight excluding hydrogens is 285 g/mol. The number of hydrogen-bond acceptors (Lipinski definition) is 2. The maximum absolute atomic E-state index is 13.9. The lowest BCUT2D eigenvalue weighted by atomic mass is 10.0. The van der Waals surface area contributed by atoms with E-state index >= 15 is 0 Å². The van der Waals surface area contributed by atoms with E-state index < -0.39 is 17.6 Å². The van der Waals surface area contributed by atoms with E-state index in [-0.39, 0.29) is 11.1 Å². The number of hydrogen-bond donors (Lipinski definition) is 1. The second kappa shape index (κ2) is 5.26. The monoisotopic (exact) mass is 299 g/mol. The van der Waals surface area contributed by atoms with Crippen molar-refractivity contribution in [2.75, 3.05) is 0 Å². The van der Waals surface area contributed by atoms with Crippen molar-refractivity contribution in [3.05, 3.63) is 64.7 Å². The van der Waals surface area contributed by atoms with Gasteiger partial charge in [0.2, 0.25) is 5.78 Å². The zero-order valence-corrected chi connectivity index (χ0v) is 12.0. The number of carbonyl (C=O) groups excluding carboxylic acids is 1. The molecule has 1 aromatic carbocycles. The van der Waals surface area contributed by atoms with Gasteiger partial charge in [-0.25, -0.2) is 9.18 Å². The summed E-state index contributed by atoms with van der Waals surface area (Å²) in [5, 5.41) is 9.21. The number of ketones is 1. The molecule has 112 valence electrons. The SMILES string of the molecule is CCc1cc2n(c1C(=O)c1ccccc1F)CC=C2C(=O)O. The third-order valence-corrected chi connectivity index (χ3v) is 3.87. The minimum atomic E-state index is -1.02. The standard InChI is InChI=1S/C17H14FNO3/c1-2-10-9-14-12(17(21)22)7-8-19(14)15(10)16(20)11-5-3-4-6-13(11)18/h3-7,9H,2,8H2,1H3,(H,21,22). The maximum atomic E-state index is 13.9. The number of carbonyl (C=O) groups is 2. The van der Waals surface area contributed by atoms with Crippen LogP contribution in [0, 0.1) is 5.82 Å². The molecule has 0 fully saturated rings. The van der Waals surface area contributed by atoms with Crippen LogP contribution in [0.5, 0.6) is 0 Å². The summed E-state index contributed by atoms with van der Waals surface area (Å²) in [6.45, 7) is 2.19. The summed E-state index contributed by atoms with van der Waals surface area (Å²) in [7, 11) is 0. The van der Waals surface area contributed by atoms with E-state index in [9.17, 15) is 19.1 Å². The minimum Gasteiger partial charge on any atom is -0.478 e. The van der Waals surface area contributed by atoms with Crippen LogP contribution in [0.3, 0.4) is 0 Å².